The van der Waals surface area contributed by atoms with Crippen LogP contribution in [0.3, 0.4) is 0 Å². The lowest BCUT2D eigenvalue weighted by Gasteiger charge is -2.16. The third-order valence-electron chi connectivity index (χ3n) is 4.54. The molecule has 3 nitrogen and oxygen atoms in total. The number of benzene rings is 1. The van der Waals surface area contributed by atoms with E-state index >= 15 is 0 Å². The van der Waals surface area contributed by atoms with Crippen molar-refractivity contribution in [2.45, 2.75) is 37.4 Å². The highest BCUT2D eigenvalue weighted by Crippen LogP contribution is 2.48. The third kappa shape index (κ3) is 4.18. The highest BCUT2D eigenvalue weighted by Gasteiger charge is 2.46. The van der Waals surface area contributed by atoms with Gasteiger partial charge >= 0.3 is 6.18 Å². The summed E-state index contributed by atoms with van der Waals surface area (Å²) in [7, 11) is 0. The SMILES string of the molecule is Cl.NCC(NC(=O)C1CC1c1cccc(C(F)(F)F)c1)C1CC1. The van der Waals surface area contributed by atoms with Gasteiger partial charge in [0.2, 0.25) is 5.91 Å². The molecule has 3 rings (SSSR count). The molecule has 1 aromatic carbocycles. The Morgan fingerprint density at radius 3 is 2.61 bits per heavy atom. The van der Waals surface area contributed by atoms with Crippen molar-refractivity contribution in [3.8, 4) is 0 Å². The third-order valence-corrected chi connectivity index (χ3v) is 4.54. The summed E-state index contributed by atoms with van der Waals surface area (Å²) in [5.74, 6) is 0.0562. The first-order valence-corrected chi connectivity index (χ1v) is 7.57. The van der Waals surface area contributed by atoms with Crippen LogP contribution in [0.2, 0.25) is 0 Å². The molecule has 1 amide bonds. The van der Waals surface area contributed by atoms with Gasteiger partial charge in [0.05, 0.1) is 5.56 Å². The van der Waals surface area contributed by atoms with Gasteiger partial charge in [0, 0.05) is 18.5 Å². The first-order valence-electron chi connectivity index (χ1n) is 7.57. The Bertz CT molecular complexity index is 575. The molecule has 128 valence electrons. The number of hydrogen-bond donors (Lipinski definition) is 2. The van der Waals surface area contributed by atoms with Gasteiger partial charge in [-0.1, -0.05) is 18.2 Å². The van der Waals surface area contributed by atoms with Crippen LogP contribution in [0.25, 0.3) is 0 Å². The number of rotatable bonds is 5. The number of alkyl halides is 3. The van der Waals surface area contributed by atoms with Crippen LogP contribution in [0, 0.1) is 11.8 Å². The Kier molecular flexibility index (Phi) is 5.26. The van der Waals surface area contributed by atoms with Crippen LogP contribution >= 0.6 is 12.4 Å². The molecular formula is C16H20ClF3N2O. The second-order valence-electron chi connectivity index (χ2n) is 6.26. The number of halogens is 4. The van der Waals surface area contributed by atoms with Gasteiger partial charge < -0.3 is 11.1 Å². The molecular weight excluding hydrogens is 329 g/mol. The van der Waals surface area contributed by atoms with E-state index in [2.05, 4.69) is 5.32 Å². The predicted molar refractivity (Wildman–Crippen MR) is 83.2 cm³/mol. The number of hydrogen-bond acceptors (Lipinski definition) is 2. The van der Waals surface area contributed by atoms with Crippen LogP contribution in [0.5, 0.6) is 0 Å². The average molecular weight is 349 g/mol. The van der Waals surface area contributed by atoms with Crippen LogP contribution in [0.1, 0.15) is 36.3 Å². The second-order valence-corrected chi connectivity index (χ2v) is 6.26. The van der Waals surface area contributed by atoms with Crippen LogP contribution in [0.15, 0.2) is 24.3 Å². The van der Waals surface area contributed by atoms with Crippen molar-refractivity contribution >= 4 is 18.3 Å². The summed E-state index contributed by atoms with van der Waals surface area (Å²) in [6, 6.07) is 5.28. The van der Waals surface area contributed by atoms with Gasteiger partial charge in [-0.25, -0.2) is 0 Å². The molecule has 0 radical (unpaired) electrons. The fraction of sp³-hybridized carbons (Fsp3) is 0.562. The van der Waals surface area contributed by atoms with Gasteiger partial charge in [0.15, 0.2) is 0 Å². The lowest BCUT2D eigenvalue weighted by atomic mass is 10.0. The molecule has 0 spiro atoms. The minimum absolute atomic E-state index is 0. The van der Waals surface area contributed by atoms with E-state index in [9.17, 15) is 18.0 Å². The zero-order chi connectivity index (χ0) is 15.9. The summed E-state index contributed by atoms with van der Waals surface area (Å²) in [6.07, 6.45) is -1.57. The molecule has 2 aliphatic rings. The maximum atomic E-state index is 12.7. The summed E-state index contributed by atoms with van der Waals surface area (Å²) in [4.78, 5) is 12.2. The van der Waals surface area contributed by atoms with E-state index < -0.39 is 11.7 Å². The molecule has 0 aromatic heterocycles. The summed E-state index contributed by atoms with van der Waals surface area (Å²) >= 11 is 0. The second kappa shape index (κ2) is 6.69. The Labute approximate surface area is 139 Å². The smallest absolute Gasteiger partial charge is 0.352 e. The average Bonchev–Trinajstić information content (AvgIpc) is 3.37. The zero-order valence-corrected chi connectivity index (χ0v) is 13.3. The van der Waals surface area contributed by atoms with E-state index in [-0.39, 0.29) is 36.2 Å². The van der Waals surface area contributed by atoms with Gasteiger partial charge in [-0.15, -0.1) is 12.4 Å². The molecule has 3 atom stereocenters. The first kappa shape index (κ1) is 18.1. The maximum absolute atomic E-state index is 12.7. The Morgan fingerprint density at radius 2 is 2.04 bits per heavy atom. The van der Waals surface area contributed by atoms with Crippen molar-refractivity contribution in [1.82, 2.24) is 5.32 Å². The first-order chi connectivity index (χ1) is 10.4. The topological polar surface area (TPSA) is 55.1 Å². The number of carbonyl (C=O) groups is 1. The van der Waals surface area contributed by atoms with Crippen LogP contribution < -0.4 is 11.1 Å². The van der Waals surface area contributed by atoms with Crippen molar-refractivity contribution in [2.24, 2.45) is 17.6 Å². The molecule has 2 saturated carbocycles. The highest BCUT2D eigenvalue weighted by molar-refractivity contribution is 5.85. The monoisotopic (exact) mass is 348 g/mol. The molecule has 0 saturated heterocycles. The number of carbonyl (C=O) groups excluding carboxylic acids is 1. The maximum Gasteiger partial charge on any atom is 0.416 e. The summed E-state index contributed by atoms with van der Waals surface area (Å²) in [5.41, 5.74) is 5.59. The molecule has 0 bridgehead atoms. The molecule has 3 N–H and O–H groups in total. The molecule has 0 aliphatic heterocycles. The van der Waals surface area contributed by atoms with Gasteiger partial charge in [0.25, 0.3) is 0 Å². The quantitative estimate of drug-likeness (QED) is 0.859. The molecule has 0 heterocycles. The summed E-state index contributed by atoms with van der Waals surface area (Å²) in [6.45, 7) is 0.414. The normalized spacial score (nSPS) is 24.5. The molecule has 7 heteroatoms. The van der Waals surface area contributed by atoms with Crippen molar-refractivity contribution in [1.29, 1.82) is 0 Å². The van der Waals surface area contributed by atoms with Crippen molar-refractivity contribution < 1.29 is 18.0 Å². The highest BCUT2D eigenvalue weighted by atomic mass is 35.5. The van der Waals surface area contributed by atoms with E-state index in [4.69, 9.17) is 5.73 Å². The van der Waals surface area contributed by atoms with Crippen molar-refractivity contribution in [3.05, 3.63) is 35.4 Å². The van der Waals surface area contributed by atoms with Gasteiger partial charge in [-0.05, 0) is 42.7 Å². The molecule has 1 aromatic rings. The fourth-order valence-electron chi connectivity index (χ4n) is 2.96. The molecule has 2 aliphatic carbocycles. The van der Waals surface area contributed by atoms with Crippen molar-refractivity contribution in [3.63, 3.8) is 0 Å². The number of nitrogens with two attached hydrogens (primary N) is 1. The van der Waals surface area contributed by atoms with Crippen LogP contribution in [-0.2, 0) is 11.0 Å². The fourth-order valence-corrected chi connectivity index (χ4v) is 2.96. The Balaban J connectivity index is 0.00000192. The number of amides is 1. The predicted octanol–water partition coefficient (Wildman–Crippen LogP) is 3.08. The van der Waals surface area contributed by atoms with Gasteiger partial charge in [-0.3, -0.25) is 4.79 Å². The van der Waals surface area contributed by atoms with Crippen molar-refractivity contribution in [2.75, 3.05) is 6.54 Å². The lowest BCUT2D eigenvalue weighted by molar-refractivity contribution is -0.137. The molecule has 2 fully saturated rings. The summed E-state index contributed by atoms with van der Waals surface area (Å²) in [5, 5.41) is 2.95. The Hall–Kier alpha value is -1.27. The standard InChI is InChI=1S/C16H19F3N2O.ClH/c17-16(18,19)11-3-1-2-10(6-11)12-7-13(12)15(22)21-14(8-20)9-4-5-9;/h1-3,6,9,12-14H,4-5,7-8,20H2,(H,21,22);1H. The van der Waals surface area contributed by atoms with Gasteiger partial charge in [-0.2, -0.15) is 13.2 Å². The van der Waals surface area contributed by atoms with E-state index in [0.717, 1.165) is 25.0 Å². The molecule has 23 heavy (non-hydrogen) atoms. The van der Waals surface area contributed by atoms with Gasteiger partial charge in [0.1, 0.15) is 0 Å². The minimum atomic E-state index is -4.35. The largest absolute Gasteiger partial charge is 0.416 e. The minimum Gasteiger partial charge on any atom is -0.352 e. The van der Waals surface area contributed by atoms with E-state index in [1.165, 1.54) is 6.07 Å². The van der Waals surface area contributed by atoms with Crippen LogP contribution in [0.4, 0.5) is 13.2 Å². The van der Waals surface area contributed by atoms with E-state index in [1.54, 1.807) is 6.07 Å². The lowest BCUT2D eigenvalue weighted by Crippen LogP contribution is -2.42. The zero-order valence-electron chi connectivity index (χ0n) is 12.5. The summed E-state index contributed by atoms with van der Waals surface area (Å²) < 4.78 is 38.2. The van der Waals surface area contributed by atoms with E-state index in [0.29, 0.717) is 24.4 Å². The molecule has 3 unspecified atom stereocenters. The van der Waals surface area contributed by atoms with Crippen LogP contribution in [-0.4, -0.2) is 18.5 Å². The van der Waals surface area contributed by atoms with E-state index in [1.807, 2.05) is 0 Å². The Morgan fingerprint density at radius 1 is 1.35 bits per heavy atom. The number of nitrogens with one attached hydrogen (secondary N) is 1.